The number of rotatable bonds is 7. The molecular formula is C23H25N3O3. The number of carbonyl (C=O) groups excluding carboxylic acids is 1. The Bertz CT molecular complexity index is 998. The van der Waals surface area contributed by atoms with Crippen molar-refractivity contribution in [3.05, 3.63) is 77.0 Å². The minimum atomic E-state index is -0.174. The minimum absolute atomic E-state index is 0.174. The van der Waals surface area contributed by atoms with E-state index in [0.29, 0.717) is 29.4 Å². The van der Waals surface area contributed by atoms with Crippen molar-refractivity contribution in [1.82, 2.24) is 10.3 Å². The van der Waals surface area contributed by atoms with E-state index in [2.05, 4.69) is 15.6 Å². The fourth-order valence-corrected chi connectivity index (χ4v) is 3.05. The van der Waals surface area contributed by atoms with Gasteiger partial charge in [0.25, 0.3) is 5.91 Å². The zero-order valence-electron chi connectivity index (χ0n) is 17.1. The first kappa shape index (κ1) is 20.2. The number of amides is 1. The number of nitrogens with one attached hydrogen (secondary N) is 2. The number of anilines is 2. The van der Waals surface area contributed by atoms with E-state index < -0.39 is 0 Å². The summed E-state index contributed by atoms with van der Waals surface area (Å²) in [4.78, 5) is 16.9. The number of nitrogens with zero attached hydrogens (tertiary/aromatic N) is 1. The third kappa shape index (κ3) is 4.85. The van der Waals surface area contributed by atoms with Crippen molar-refractivity contribution in [2.75, 3.05) is 19.5 Å². The van der Waals surface area contributed by atoms with Crippen LogP contribution in [0.25, 0.3) is 0 Å². The Labute approximate surface area is 170 Å². The summed E-state index contributed by atoms with van der Waals surface area (Å²) in [6, 6.07) is 15.1. The standard InChI is InChI=1S/C23H25N3O3/c1-15-6-5-7-16(2)22(15)26-21-13-18(10-11-24-21)23(27)25-14-17-8-9-19(28-3)20(12-17)29-4/h5-13H,14H2,1-4H3,(H,24,26)(H,25,27). The number of pyridine rings is 1. The summed E-state index contributed by atoms with van der Waals surface area (Å²) in [5.74, 6) is 1.73. The number of ether oxygens (including phenoxy) is 2. The summed E-state index contributed by atoms with van der Waals surface area (Å²) in [5, 5.41) is 6.24. The van der Waals surface area contributed by atoms with Gasteiger partial charge in [0, 0.05) is 24.0 Å². The summed E-state index contributed by atoms with van der Waals surface area (Å²) in [6.07, 6.45) is 1.63. The highest BCUT2D eigenvalue weighted by Crippen LogP contribution is 2.27. The molecule has 0 radical (unpaired) electrons. The molecule has 1 heterocycles. The number of carbonyl (C=O) groups is 1. The first-order chi connectivity index (χ1) is 14.0. The Balaban J connectivity index is 1.70. The van der Waals surface area contributed by atoms with Gasteiger partial charge < -0.3 is 20.1 Å². The van der Waals surface area contributed by atoms with E-state index in [1.54, 1.807) is 32.5 Å². The van der Waals surface area contributed by atoms with Crippen LogP contribution >= 0.6 is 0 Å². The van der Waals surface area contributed by atoms with Crippen LogP contribution < -0.4 is 20.1 Å². The van der Waals surface area contributed by atoms with Crippen LogP contribution in [0.3, 0.4) is 0 Å². The van der Waals surface area contributed by atoms with E-state index in [1.165, 1.54) is 0 Å². The van der Waals surface area contributed by atoms with Crippen LogP contribution in [-0.4, -0.2) is 25.1 Å². The first-order valence-electron chi connectivity index (χ1n) is 9.30. The molecule has 0 aliphatic rings. The zero-order chi connectivity index (χ0) is 20.8. The van der Waals surface area contributed by atoms with Crippen molar-refractivity contribution < 1.29 is 14.3 Å². The molecule has 3 aromatic rings. The quantitative estimate of drug-likeness (QED) is 0.625. The third-order valence-electron chi connectivity index (χ3n) is 4.66. The molecule has 0 spiro atoms. The van der Waals surface area contributed by atoms with Crippen LogP contribution in [-0.2, 0) is 6.54 Å². The SMILES string of the molecule is COc1ccc(CNC(=O)c2ccnc(Nc3c(C)cccc3C)c2)cc1OC. The molecule has 0 bridgehead atoms. The van der Waals surface area contributed by atoms with Crippen molar-refractivity contribution >= 4 is 17.4 Å². The number of para-hydroxylation sites is 1. The lowest BCUT2D eigenvalue weighted by molar-refractivity contribution is 0.0951. The topological polar surface area (TPSA) is 72.5 Å². The third-order valence-corrected chi connectivity index (χ3v) is 4.66. The molecule has 0 unspecified atom stereocenters. The maximum Gasteiger partial charge on any atom is 0.251 e. The molecule has 3 rings (SSSR count). The van der Waals surface area contributed by atoms with Crippen LogP contribution in [0, 0.1) is 13.8 Å². The maximum atomic E-state index is 12.6. The molecule has 6 nitrogen and oxygen atoms in total. The van der Waals surface area contributed by atoms with Crippen LogP contribution in [0.15, 0.2) is 54.7 Å². The number of hydrogen-bond acceptors (Lipinski definition) is 5. The monoisotopic (exact) mass is 391 g/mol. The molecular weight excluding hydrogens is 366 g/mol. The van der Waals surface area contributed by atoms with Gasteiger partial charge in [-0.25, -0.2) is 4.98 Å². The molecule has 2 aromatic carbocycles. The average molecular weight is 391 g/mol. The van der Waals surface area contributed by atoms with Gasteiger partial charge in [-0.2, -0.15) is 0 Å². The molecule has 0 saturated carbocycles. The molecule has 0 aliphatic heterocycles. The van der Waals surface area contributed by atoms with Crippen LogP contribution in [0.1, 0.15) is 27.0 Å². The predicted octanol–water partition coefficient (Wildman–Crippen LogP) is 4.39. The Morgan fingerprint density at radius 2 is 1.69 bits per heavy atom. The van der Waals surface area contributed by atoms with Gasteiger partial charge in [0.1, 0.15) is 5.82 Å². The molecule has 29 heavy (non-hydrogen) atoms. The van der Waals surface area contributed by atoms with Crippen molar-refractivity contribution in [1.29, 1.82) is 0 Å². The lowest BCUT2D eigenvalue weighted by Gasteiger charge is -2.13. The van der Waals surface area contributed by atoms with Crippen molar-refractivity contribution in [2.24, 2.45) is 0 Å². The maximum absolute atomic E-state index is 12.6. The Kier molecular flexibility index (Phi) is 6.34. The van der Waals surface area contributed by atoms with E-state index in [0.717, 1.165) is 22.4 Å². The molecule has 150 valence electrons. The lowest BCUT2D eigenvalue weighted by atomic mass is 10.1. The van der Waals surface area contributed by atoms with E-state index in [4.69, 9.17) is 9.47 Å². The van der Waals surface area contributed by atoms with E-state index in [-0.39, 0.29) is 5.91 Å². The van der Waals surface area contributed by atoms with Crippen molar-refractivity contribution in [2.45, 2.75) is 20.4 Å². The van der Waals surface area contributed by atoms with E-state index in [1.807, 2.05) is 50.2 Å². The fourth-order valence-electron chi connectivity index (χ4n) is 3.05. The summed E-state index contributed by atoms with van der Waals surface area (Å²) in [7, 11) is 3.18. The number of benzene rings is 2. The summed E-state index contributed by atoms with van der Waals surface area (Å²) >= 11 is 0. The highest BCUT2D eigenvalue weighted by Gasteiger charge is 2.10. The van der Waals surface area contributed by atoms with E-state index in [9.17, 15) is 4.79 Å². The van der Waals surface area contributed by atoms with Crippen molar-refractivity contribution in [3.63, 3.8) is 0 Å². The van der Waals surface area contributed by atoms with Gasteiger partial charge >= 0.3 is 0 Å². The van der Waals surface area contributed by atoms with Gasteiger partial charge in [0.2, 0.25) is 0 Å². The lowest BCUT2D eigenvalue weighted by Crippen LogP contribution is -2.23. The number of aromatic nitrogens is 1. The van der Waals surface area contributed by atoms with Crippen LogP contribution in [0.2, 0.25) is 0 Å². The fraction of sp³-hybridized carbons (Fsp3) is 0.217. The summed E-state index contributed by atoms with van der Waals surface area (Å²) < 4.78 is 10.5. The zero-order valence-corrected chi connectivity index (χ0v) is 17.1. The summed E-state index contributed by atoms with van der Waals surface area (Å²) in [5.41, 5.74) is 4.70. The van der Waals surface area contributed by atoms with Gasteiger partial charge in [0.05, 0.1) is 14.2 Å². The molecule has 6 heteroatoms. The highest BCUT2D eigenvalue weighted by atomic mass is 16.5. The number of aryl methyl sites for hydroxylation is 2. The van der Waals surface area contributed by atoms with Crippen molar-refractivity contribution in [3.8, 4) is 11.5 Å². The second-order valence-electron chi connectivity index (χ2n) is 6.69. The van der Waals surface area contributed by atoms with Gasteiger partial charge in [-0.15, -0.1) is 0 Å². The first-order valence-corrected chi connectivity index (χ1v) is 9.30. The number of methoxy groups -OCH3 is 2. The Morgan fingerprint density at radius 3 is 2.38 bits per heavy atom. The van der Waals surface area contributed by atoms with Gasteiger partial charge in [-0.3, -0.25) is 4.79 Å². The molecule has 1 amide bonds. The molecule has 0 saturated heterocycles. The second-order valence-corrected chi connectivity index (χ2v) is 6.69. The second kappa shape index (κ2) is 9.10. The van der Waals surface area contributed by atoms with E-state index >= 15 is 0 Å². The largest absolute Gasteiger partial charge is 0.493 e. The molecule has 0 fully saturated rings. The average Bonchev–Trinajstić information content (AvgIpc) is 2.74. The molecule has 0 aliphatic carbocycles. The van der Waals surface area contributed by atoms with Gasteiger partial charge in [0.15, 0.2) is 11.5 Å². The molecule has 1 aromatic heterocycles. The normalized spacial score (nSPS) is 10.3. The minimum Gasteiger partial charge on any atom is -0.493 e. The Hall–Kier alpha value is -3.54. The smallest absolute Gasteiger partial charge is 0.251 e. The van der Waals surface area contributed by atoms with Gasteiger partial charge in [-0.05, 0) is 54.8 Å². The summed E-state index contributed by atoms with van der Waals surface area (Å²) in [6.45, 7) is 4.45. The molecule has 0 atom stereocenters. The number of hydrogen-bond donors (Lipinski definition) is 2. The predicted molar refractivity (Wildman–Crippen MR) is 114 cm³/mol. The van der Waals surface area contributed by atoms with Crippen LogP contribution in [0.4, 0.5) is 11.5 Å². The van der Waals surface area contributed by atoms with Gasteiger partial charge in [-0.1, -0.05) is 24.3 Å². The highest BCUT2D eigenvalue weighted by molar-refractivity contribution is 5.94. The van der Waals surface area contributed by atoms with Crippen LogP contribution in [0.5, 0.6) is 11.5 Å². The Morgan fingerprint density at radius 1 is 0.966 bits per heavy atom. The molecule has 2 N–H and O–H groups in total.